The van der Waals surface area contributed by atoms with Gasteiger partial charge in [-0.05, 0) is 6.02 Å². The van der Waals surface area contributed by atoms with E-state index in [4.69, 9.17) is 7.10 Å². The molecule has 0 spiro atoms. The fraction of sp³-hybridized carbons (Fsp3) is 1.00. The summed E-state index contributed by atoms with van der Waals surface area (Å²) in [5, 5.41) is 0. The van der Waals surface area contributed by atoms with Gasteiger partial charge in [0.2, 0.25) is 0 Å². The quantitative estimate of drug-likeness (QED) is 0.474. The van der Waals surface area contributed by atoms with Gasteiger partial charge in [0.15, 0.2) is 0 Å². The average molecular weight is 96.6 g/mol. The molecule has 0 heterocycles. The first-order valence-electron chi connectivity index (χ1n) is 1.79. The van der Waals surface area contributed by atoms with E-state index in [1.165, 1.54) is 0 Å². The minimum absolute atomic E-state index is 0. The second kappa shape index (κ2) is 4.25. The maximum atomic E-state index is 6.72. The Hall–Kier alpha value is 0.250. The number of rotatable bonds is 0. The van der Waals surface area contributed by atoms with E-state index in [0.29, 0.717) is 0 Å². The molecule has 0 aliphatic heterocycles. The lowest BCUT2D eigenvalue weighted by Crippen LogP contribution is -2.06. The average Bonchev–Trinajstić information content (AvgIpc) is 0.722. The molecule has 0 saturated heterocycles. The van der Waals surface area contributed by atoms with Crippen molar-refractivity contribution in [1.29, 1.82) is 0 Å². The van der Waals surface area contributed by atoms with Gasteiger partial charge < -0.3 is 5.73 Å². The third-order valence-electron chi connectivity index (χ3n) is 0. The van der Waals surface area contributed by atoms with Crippen molar-refractivity contribution >= 4 is 12.4 Å². The molecule has 0 aromatic heterocycles. The van der Waals surface area contributed by atoms with E-state index in [9.17, 15) is 0 Å². The minimum atomic E-state index is -0.750. The van der Waals surface area contributed by atoms with Crippen molar-refractivity contribution in [1.82, 2.24) is 0 Å². The second-order valence-corrected chi connectivity index (χ2v) is 1.08. The fourth-order valence-electron chi connectivity index (χ4n) is 0. The molecule has 0 amide bonds. The molecule has 2 heteroatoms. The van der Waals surface area contributed by atoms with Crippen molar-refractivity contribution in [3.05, 3.63) is 0 Å². The van der Waals surface area contributed by atoms with E-state index in [1.54, 1.807) is 13.8 Å². The standard InChI is InChI=1S/C3H9N.ClH/c1-3(2)4;/h3H,4H2,1-2H3;1H/i3D;. The van der Waals surface area contributed by atoms with E-state index < -0.39 is 6.02 Å². The van der Waals surface area contributed by atoms with Crippen LogP contribution >= 0.6 is 12.4 Å². The summed E-state index contributed by atoms with van der Waals surface area (Å²) in [7, 11) is 0. The smallest absolute Gasteiger partial charge is 0.0457 e. The summed E-state index contributed by atoms with van der Waals surface area (Å²) in [4.78, 5) is 0. The molecule has 2 N–H and O–H groups in total. The van der Waals surface area contributed by atoms with Crippen molar-refractivity contribution in [3.8, 4) is 0 Å². The summed E-state index contributed by atoms with van der Waals surface area (Å²) in [6.07, 6.45) is 0. The van der Waals surface area contributed by atoms with Crippen LogP contribution in [0.25, 0.3) is 0 Å². The Balaban J connectivity index is 0. The molecule has 0 aliphatic carbocycles. The molecule has 0 aliphatic rings. The monoisotopic (exact) mass is 96.1 g/mol. The van der Waals surface area contributed by atoms with E-state index in [2.05, 4.69) is 0 Å². The van der Waals surface area contributed by atoms with Crippen molar-refractivity contribution in [2.24, 2.45) is 5.73 Å². The molecule has 0 aromatic carbocycles. The zero-order valence-corrected chi connectivity index (χ0v) is 4.30. The first-order chi connectivity index (χ1) is 2.00. The Labute approximate surface area is 40.4 Å². The maximum absolute atomic E-state index is 6.72. The summed E-state index contributed by atoms with van der Waals surface area (Å²) in [5.41, 5.74) is 5.02. The van der Waals surface area contributed by atoms with Crippen molar-refractivity contribution in [2.45, 2.75) is 19.9 Å². The molecule has 0 saturated carbocycles. The van der Waals surface area contributed by atoms with Gasteiger partial charge in [0.1, 0.15) is 0 Å². The van der Waals surface area contributed by atoms with Gasteiger partial charge in [0.05, 0.1) is 0 Å². The van der Waals surface area contributed by atoms with Gasteiger partial charge in [-0.25, -0.2) is 0 Å². The lowest BCUT2D eigenvalue weighted by atomic mass is 10.5. The second-order valence-electron chi connectivity index (χ2n) is 1.08. The number of halogens is 1. The first-order valence-corrected chi connectivity index (χ1v) is 1.29. The SMILES string of the molecule is Cl.[2H]C(C)(C)N. The molecule has 5 heavy (non-hydrogen) atoms. The number of nitrogens with two attached hydrogens (primary N) is 1. The van der Waals surface area contributed by atoms with Crippen LogP contribution in [0.2, 0.25) is 0 Å². The third kappa shape index (κ3) is 344. The fourth-order valence-corrected chi connectivity index (χ4v) is 0. The van der Waals surface area contributed by atoms with E-state index in [0.717, 1.165) is 0 Å². The molecule has 0 aromatic rings. The van der Waals surface area contributed by atoms with Gasteiger partial charge in [-0.1, -0.05) is 13.8 Å². The molecular formula is C3H10ClN. The van der Waals surface area contributed by atoms with Crippen LogP contribution < -0.4 is 5.73 Å². The minimum Gasteiger partial charge on any atom is -0.328 e. The summed E-state index contributed by atoms with van der Waals surface area (Å²) in [5.74, 6) is 0. The highest BCUT2D eigenvalue weighted by molar-refractivity contribution is 5.85. The largest absolute Gasteiger partial charge is 0.328 e. The van der Waals surface area contributed by atoms with Crippen LogP contribution in [-0.2, 0) is 0 Å². The Bertz CT molecular complexity index is 26.3. The van der Waals surface area contributed by atoms with Gasteiger partial charge in [-0.15, -0.1) is 12.4 Å². The first kappa shape index (κ1) is 5.25. The molecule has 0 rings (SSSR count). The van der Waals surface area contributed by atoms with Crippen molar-refractivity contribution < 1.29 is 1.37 Å². The van der Waals surface area contributed by atoms with Crippen LogP contribution in [0.4, 0.5) is 0 Å². The van der Waals surface area contributed by atoms with Gasteiger partial charge >= 0.3 is 0 Å². The van der Waals surface area contributed by atoms with E-state index >= 15 is 0 Å². The molecule has 34 valence electrons. The van der Waals surface area contributed by atoms with Crippen LogP contribution in [0.5, 0.6) is 0 Å². The lowest BCUT2D eigenvalue weighted by molar-refractivity contribution is 0.834. The topological polar surface area (TPSA) is 26.0 Å². The summed E-state index contributed by atoms with van der Waals surface area (Å²) < 4.78 is 6.72. The molecular weight excluding hydrogens is 85.5 g/mol. The van der Waals surface area contributed by atoms with E-state index in [1.807, 2.05) is 0 Å². The molecule has 0 atom stereocenters. The van der Waals surface area contributed by atoms with E-state index in [-0.39, 0.29) is 12.4 Å². The Kier molecular flexibility index (Phi) is 4.46. The number of hydrogen-bond acceptors (Lipinski definition) is 1. The van der Waals surface area contributed by atoms with Gasteiger partial charge in [-0.2, -0.15) is 0 Å². The normalized spacial score (nSPS) is 12.2. The Morgan fingerprint density at radius 2 is 1.80 bits per heavy atom. The summed E-state index contributed by atoms with van der Waals surface area (Å²) in [6, 6.07) is -0.750. The van der Waals surface area contributed by atoms with Gasteiger partial charge in [0, 0.05) is 1.37 Å². The van der Waals surface area contributed by atoms with Crippen LogP contribution in [0, 0.1) is 0 Å². The zero-order valence-electron chi connectivity index (χ0n) is 4.49. The highest BCUT2D eigenvalue weighted by Gasteiger charge is 1.67. The van der Waals surface area contributed by atoms with Crippen molar-refractivity contribution in [3.63, 3.8) is 0 Å². The van der Waals surface area contributed by atoms with Crippen LogP contribution in [0.3, 0.4) is 0 Å². The van der Waals surface area contributed by atoms with Gasteiger partial charge in [0.25, 0.3) is 0 Å². The molecule has 0 bridgehead atoms. The van der Waals surface area contributed by atoms with Crippen LogP contribution in [0.1, 0.15) is 15.2 Å². The van der Waals surface area contributed by atoms with Crippen LogP contribution in [0.15, 0.2) is 0 Å². The summed E-state index contributed by atoms with van der Waals surface area (Å²) in [6.45, 7) is 3.26. The molecule has 0 radical (unpaired) electrons. The third-order valence-corrected chi connectivity index (χ3v) is 0. The highest BCUT2D eigenvalue weighted by atomic mass is 35.5. The molecule has 1 nitrogen and oxygen atoms in total. The zero-order chi connectivity index (χ0) is 4.50. The van der Waals surface area contributed by atoms with Crippen LogP contribution in [-0.4, -0.2) is 6.02 Å². The lowest BCUT2D eigenvalue weighted by Gasteiger charge is -1.81. The Morgan fingerprint density at radius 3 is 1.80 bits per heavy atom. The van der Waals surface area contributed by atoms with Crippen molar-refractivity contribution in [2.75, 3.05) is 0 Å². The predicted molar refractivity (Wildman–Crippen MR) is 26.6 cm³/mol. The number of hydrogen-bond donors (Lipinski definition) is 1. The highest BCUT2D eigenvalue weighted by Crippen LogP contribution is 1.58. The van der Waals surface area contributed by atoms with Gasteiger partial charge in [-0.3, -0.25) is 0 Å². The molecule has 0 fully saturated rings. The Morgan fingerprint density at radius 1 is 1.80 bits per heavy atom. The summed E-state index contributed by atoms with van der Waals surface area (Å²) >= 11 is 0. The maximum Gasteiger partial charge on any atom is 0.0457 e. The predicted octanol–water partition coefficient (Wildman–Crippen LogP) is 0.775. The molecule has 0 unspecified atom stereocenters.